The van der Waals surface area contributed by atoms with Crippen LogP contribution in [-0.4, -0.2) is 73.6 Å². The number of anilines is 1. The molecular formula is C21H27N3O3. The molecule has 1 aromatic rings. The summed E-state index contributed by atoms with van der Waals surface area (Å²) in [5, 5.41) is 0. The average molecular weight is 369 g/mol. The molecule has 3 fully saturated rings. The van der Waals surface area contributed by atoms with Gasteiger partial charge in [-0.3, -0.25) is 14.5 Å². The van der Waals surface area contributed by atoms with Gasteiger partial charge in [-0.25, -0.2) is 0 Å². The second-order valence-electron chi connectivity index (χ2n) is 8.43. The molecule has 6 nitrogen and oxygen atoms in total. The highest BCUT2D eigenvalue weighted by molar-refractivity contribution is 5.96. The quantitative estimate of drug-likeness (QED) is 0.802. The van der Waals surface area contributed by atoms with Gasteiger partial charge in [-0.05, 0) is 30.9 Å². The molecule has 3 aliphatic heterocycles. The molecule has 5 rings (SSSR count). The van der Waals surface area contributed by atoms with Gasteiger partial charge in [0.25, 0.3) is 0 Å². The molecular weight excluding hydrogens is 342 g/mol. The molecule has 2 saturated heterocycles. The molecule has 0 radical (unpaired) electrons. The van der Waals surface area contributed by atoms with E-state index in [1.54, 1.807) is 0 Å². The molecule has 0 spiro atoms. The Morgan fingerprint density at radius 1 is 1.07 bits per heavy atom. The largest absolute Gasteiger partial charge is 0.379 e. The van der Waals surface area contributed by atoms with E-state index in [0.717, 1.165) is 44.6 Å². The van der Waals surface area contributed by atoms with Crippen molar-refractivity contribution < 1.29 is 14.3 Å². The molecule has 2 bridgehead atoms. The molecule has 2 amide bonds. The minimum absolute atomic E-state index is 0.113. The topological polar surface area (TPSA) is 53.1 Å². The van der Waals surface area contributed by atoms with E-state index < -0.39 is 0 Å². The Balaban J connectivity index is 1.30. The highest BCUT2D eigenvalue weighted by Gasteiger charge is 2.40. The van der Waals surface area contributed by atoms with Gasteiger partial charge >= 0.3 is 0 Å². The molecule has 27 heavy (non-hydrogen) atoms. The van der Waals surface area contributed by atoms with Gasteiger partial charge in [0.2, 0.25) is 11.8 Å². The lowest BCUT2D eigenvalue weighted by Crippen LogP contribution is -2.49. The molecule has 1 aliphatic carbocycles. The van der Waals surface area contributed by atoms with Gasteiger partial charge in [0.1, 0.15) is 0 Å². The zero-order valence-electron chi connectivity index (χ0n) is 15.7. The number of amides is 2. The molecule has 144 valence electrons. The first-order valence-corrected chi connectivity index (χ1v) is 10.2. The van der Waals surface area contributed by atoms with Crippen molar-refractivity contribution in [3.8, 4) is 0 Å². The maximum Gasteiger partial charge on any atom is 0.241 e. The molecule has 0 unspecified atom stereocenters. The summed E-state index contributed by atoms with van der Waals surface area (Å²) in [6.45, 7) is 4.75. The summed E-state index contributed by atoms with van der Waals surface area (Å²) < 4.78 is 5.85. The molecule has 4 aliphatic rings. The van der Waals surface area contributed by atoms with Gasteiger partial charge in [-0.1, -0.05) is 18.2 Å². The fraction of sp³-hybridized carbons (Fsp3) is 0.619. The van der Waals surface area contributed by atoms with Crippen molar-refractivity contribution in [2.24, 2.45) is 11.8 Å². The summed E-state index contributed by atoms with van der Waals surface area (Å²) in [7, 11) is 0. The average Bonchev–Trinajstić information content (AvgIpc) is 3.45. The van der Waals surface area contributed by atoms with Crippen LogP contribution in [0.25, 0.3) is 0 Å². The van der Waals surface area contributed by atoms with Gasteiger partial charge in [-0.15, -0.1) is 0 Å². The second-order valence-corrected chi connectivity index (χ2v) is 8.43. The molecule has 1 saturated carbocycles. The van der Waals surface area contributed by atoms with Gasteiger partial charge in [0.05, 0.1) is 25.8 Å². The molecule has 2 atom stereocenters. The van der Waals surface area contributed by atoms with Crippen LogP contribution in [0.3, 0.4) is 0 Å². The van der Waals surface area contributed by atoms with Gasteiger partial charge < -0.3 is 14.5 Å². The van der Waals surface area contributed by atoms with Crippen molar-refractivity contribution in [1.29, 1.82) is 0 Å². The number of ether oxygens (including phenoxy) is 1. The van der Waals surface area contributed by atoms with Crippen molar-refractivity contribution in [2.45, 2.75) is 25.3 Å². The van der Waals surface area contributed by atoms with Crippen LogP contribution in [-0.2, 0) is 20.7 Å². The van der Waals surface area contributed by atoms with Crippen LogP contribution < -0.4 is 4.90 Å². The summed E-state index contributed by atoms with van der Waals surface area (Å²) >= 11 is 0. The van der Waals surface area contributed by atoms with Crippen molar-refractivity contribution >= 4 is 17.5 Å². The van der Waals surface area contributed by atoms with E-state index in [0.29, 0.717) is 38.1 Å². The second kappa shape index (κ2) is 6.91. The van der Waals surface area contributed by atoms with Gasteiger partial charge in [0, 0.05) is 43.7 Å². The number of carbonyl (C=O) groups is 2. The minimum atomic E-state index is 0.113. The smallest absolute Gasteiger partial charge is 0.241 e. The van der Waals surface area contributed by atoms with Crippen LogP contribution in [0.1, 0.15) is 18.4 Å². The van der Waals surface area contributed by atoms with Gasteiger partial charge in [-0.2, -0.15) is 0 Å². The number of rotatable bonds is 3. The first-order valence-electron chi connectivity index (χ1n) is 10.2. The Morgan fingerprint density at radius 2 is 1.93 bits per heavy atom. The van der Waals surface area contributed by atoms with Crippen LogP contribution in [0, 0.1) is 11.8 Å². The Labute approximate surface area is 160 Å². The van der Waals surface area contributed by atoms with Crippen LogP contribution in [0.2, 0.25) is 0 Å². The molecule has 0 N–H and O–H groups in total. The number of hydrogen-bond acceptors (Lipinski definition) is 4. The summed E-state index contributed by atoms with van der Waals surface area (Å²) in [5.74, 6) is 1.01. The van der Waals surface area contributed by atoms with Crippen molar-refractivity contribution in [3.63, 3.8) is 0 Å². The fourth-order valence-corrected chi connectivity index (χ4v) is 4.75. The highest BCUT2D eigenvalue weighted by Crippen LogP contribution is 2.33. The molecule has 0 aromatic heterocycles. The van der Waals surface area contributed by atoms with E-state index >= 15 is 0 Å². The number of nitrogens with zero attached hydrogens (tertiary/aromatic N) is 3. The zero-order valence-corrected chi connectivity index (χ0v) is 15.7. The third-order valence-corrected chi connectivity index (χ3v) is 6.35. The minimum Gasteiger partial charge on any atom is -0.379 e. The lowest BCUT2D eigenvalue weighted by atomic mass is 10.1. The number of carbonyl (C=O) groups excluding carboxylic acids is 2. The number of hydrogen-bond donors (Lipinski definition) is 0. The predicted octanol–water partition coefficient (Wildman–Crippen LogP) is 1.14. The van der Waals surface area contributed by atoms with E-state index in [9.17, 15) is 9.59 Å². The molecule has 6 heteroatoms. The normalized spacial score (nSPS) is 28.0. The Morgan fingerprint density at radius 3 is 2.78 bits per heavy atom. The predicted molar refractivity (Wildman–Crippen MR) is 101 cm³/mol. The Hall–Kier alpha value is -1.92. The first-order chi connectivity index (χ1) is 13.2. The lowest BCUT2D eigenvalue weighted by Gasteiger charge is -2.32. The summed E-state index contributed by atoms with van der Waals surface area (Å²) in [6, 6.07) is 8.30. The Bertz CT molecular complexity index is 748. The standard InChI is InChI=1S/C21H27N3O3/c25-20(24-8-7-16-3-1-2-4-19(16)24)12-22-9-15-10-23(21(26)17-5-6-17)11-18(22)14-27-13-15/h1-4,15,17-18H,5-14H2/t15-,18+/m1/s1. The third kappa shape index (κ3) is 3.36. The zero-order chi connectivity index (χ0) is 18.4. The van der Waals surface area contributed by atoms with E-state index in [-0.39, 0.29) is 17.9 Å². The van der Waals surface area contributed by atoms with Crippen molar-refractivity contribution in [1.82, 2.24) is 9.80 Å². The van der Waals surface area contributed by atoms with E-state index in [1.807, 2.05) is 28.0 Å². The van der Waals surface area contributed by atoms with Crippen LogP contribution >= 0.6 is 0 Å². The Kier molecular flexibility index (Phi) is 4.40. The van der Waals surface area contributed by atoms with E-state index in [1.165, 1.54) is 5.56 Å². The molecule has 1 aromatic carbocycles. The number of para-hydroxylation sites is 1. The maximum atomic E-state index is 13.1. The number of fused-ring (bicyclic) bond motifs is 4. The van der Waals surface area contributed by atoms with Crippen LogP contribution in [0.4, 0.5) is 5.69 Å². The number of benzene rings is 1. The summed E-state index contributed by atoms with van der Waals surface area (Å²) in [4.78, 5) is 31.9. The van der Waals surface area contributed by atoms with E-state index in [4.69, 9.17) is 4.74 Å². The first kappa shape index (κ1) is 17.2. The lowest BCUT2D eigenvalue weighted by molar-refractivity contribution is -0.134. The van der Waals surface area contributed by atoms with Gasteiger partial charge in [0.15, 0.2) is 0 Å². The summed E-state index contributed by atoms with van der Waals surface area (Å²) in [6.07, 6.45) is 3.01. The molecule has 3 heterocycles. The van der Waals surface area contributed by atoms with Crippen molar-refractivity contribution in [3.05, 3.63) is 29.8 Å². The fourth-order valence-electron chi connectivity index (χ4n) is 4.75. The summed E-state index contributed by atoms with van der Waals surface area (Å²) in [5.41, 5.74) is 2.31. The third-order valence-electron chi connectivity index (χ3n) is 6.35. The van der Waals surface area contributed by atoms with Crippen LogP contribution in [0.5, 0.6) is 0 Å². The SMILES string of the molecule is O=C(C1CC1)N1C[C@@H]2COC[C@H](C1)N(CC(=O)N1CCc3ccccc31)C2. The van der Waals surface area contributed by atoms with Crippen molar-refractivity contribution in [2.75, 3.05) is 50.8 Å². The van der Waals surface area contributed by atoms with E-state index in [2.05, 4.69) is 11.0 Å². The monoisotopic (exact) mass is 369 g/mol. The van der Waals surface area contributed by atoms with Crippen LogP contribution in [0.15, 0.2) is 24.3 Å². The maximum absolute atomic E-state index is 13.1. The highest BCUT2D eigenvalue weighted by atomic mass is 16.5.